The zero-order chi connectivity index (χ0) is 15.9. The highest BCUT2D eigenvalue weighted by Gasteiger charge is 2.32. The maximum absolute atomic E-state index is 12.2. The molecule has 2 atom stereocenters. The van der Waals surface area contributed by atoms with Crippen molar-refractivity contribution in [2.24, 2.45) is 11.8 Å². The highest BCUT2D eigenvalue weighted by Crippen LogP contribution is 2.39. The van der Waals surface area contributed by atoms with Gasteiger partial charge in [-0.1, -0.05) is 0 Å². The number of aliphatic carboxylic acids is 1. The van der Waals surface area contributed by atoms with Crippen LogP contribution in [0.25, 0.3) is 0 Å². The zero-order valence-corrected chi connectivity index (χ0v) is 13.0. The van der Waals surface area contributed by atoms with Crippen molar-refractivity contribution in [1.29, 1.82) is 0 Å². The van der Waals surface area contributed by atoms with E-state index >= 15 is 0 Å². The number of hydrogen-bond donors (Lipinski definition) is 2. The summed E-state index contributed by atoms with van der Waals surface area (Å²) in [6.45, 7) is 4.87. The molecule has 7 heteroatoms. The summed E-state index contributed by atoms with van der Waals surface area (Å²) in [5.41, 5.74) is 1.03. The molecule has 2 aliphatic rings. The molecule has 1 aromatic rings. The molecule has 7 nitrogen and oxygen atoms in total. The molecule has 2 amide bonds. The van der Waals surface area contributed by atoms with E-state index in [9.17, 15) is 9.59 Å². The number of carbonyl (C=O) groups is 2. The summed E-state index contributed by atoms with van der Waals surface area (Å²) < 4.78 is 1.97. The van der Waals surface area contributed by atoms with Crippen molar-refractivity contribution < 1.29 is 14.7 Å². The van der Waals surface area contributed by atoms with Crippen LogP contribution in [0.3, 0.4) is 0 Å². The fourth-order valence-electron chi connectivity index (χ4n) is 3.07. The van der Waals surface area contributed by atoms with Crippen molar-refractivity contribution in [1.82, 2.24) is 14.7 Å². The van der Waals surface area contributed by atoms with E-state index in [0.29, 0.717) is 30.7 Å². The lowest BCUT2D eigenvalue weighted by atomic mass is 10.1. The first-order valence-corrected chi connectivity index (χ1v) is 7.80. The molecule has 2 N–H and O–H groups in total. The van der Waals surface area contributed by atoms with Gasteiger partial charge >= 0.3 is 12.0 Å². The second-order valence-corrected chi connectivity index (χ2v) is 6.39. The van der Waals surface area contributed by atoms with E-state index < -0.39 is 11.9 Å². The van der Waals surface area contributed by atoms with Crippen LogP contribution in [-0.2, 0) is 4.79 Å². The molecule has 0 radical (unpaired) electrons. The van der Waals surface area contributed by atoms with Crippen molar-refractivity contribution in [2.45, 2.75) is 39.2 Å². The highest BCUT2D eigenvalue weighted by molar-refractivity contribution is 5.89. The lowest BCUT2D eigenvalue weighted by molar-refractivity contribution is -0.141. The summed E-state index contributed by atoms with van der Waals surface area (Å²) in [5, 5.41) is 16.2. The Labute approximate surface area is 129 Å². The first kappa shape index (κ1) is 14.9. The van der Waals surface area contributed by atoms with E-state index in [4.69, 9.17) is 5.11 Å². The molecule has 1 saturated carbocycles. The third-order valence-corrected chi connectivity index (χ3v) is 4.67. The third kappa shape index (κ3) is 2.93. The lowest BCUT2D eigenvalue weighted by Gasteiger charge is -2.16. The molecular formula is C15H22N4O3. The highest BCUT2D eigenvalue weighted by atomic mass is 16.4. The summed E-state index contributed by atoms with van der Waals surface area (Å²) in [5.74, 6) is -0.0700. The van der Waals surface area contributed by atoms with Crippen LogP contribution in [0.5, 0.6) is 0 Å². The summed E-state index contributed by atoms with van der Waals surface area (Å²) in [6, 6.07) is 1.95. The van der Waals surface area contributed by atoms with Crippen LogP contribution in [0, 0.1) is 18.8 Å². The third-order valence-electron chi connectivity index (χ3n) is 4.67. The van der Waals surface area contributed by atoms with Gasteiger partial charge in [0, 0.05) is 24.8 Å². The van der Waals surface area contributed by atoms with Gasteiger partial charge in [-0.3, -0.25) is 14.8 Å². The molecule has 120 valence electrons. The van der Waals surface area contributed by atoms with Crippen molar-refractivity contribution >= 4 is 17.8 Å². The average Bonchev–Trinajstić information content (AvgIpc) is 3.07. The van der Waals surface area contributed by atoms with Crippen molar-refractivity contribution in [3.8, 4) is 0 Å². The topological polar surface area (TPSA) is 87.5 Å². The Morgan fingerprint density at radius 1 is 1.41 bits per heavy atom. The SMILES string of the molecule is Cc1cc(NC(=O)N2CCC(C(=O)O)C2)nn1C(C)C1CC1. The number of carboxylic acid groups (broad SMARTS) is 1. The fourth-order valence-corrected chi connectivity index (χ4v) is 3.07. The molecule has 1 aliphatic carbocycles. The predicted molar refractivity (Wildman–Crippen MR) is 80.7 cm³/mol. The Hall–Kier alpha value is -2.05. The standard InChI is InChI=1S/C15H22N4O3/c1-9-7-13(17-19(9)10(2)11-3-4-11)16-15(22)18-6-5-12(8-18)14(20)21/h7,10-12H,3-6,8H2,1-2H3,(H,20,21)(H,16,17,22). The molecule has 2 fully saturated rings. The van der Waals surface area contributed by atoms with Gasteiger partial charge in [0.1, 0.15) is 0 Å². The normalized spacial score (nSPS) is 22.6. The van der Waals surface area contributed by atoms with Gasteiger partial charge < -0.3 is 10.0 Å². The van der Waals surface area contributed by atoms with Gasteiger partial charge in [0.25, 0.3) is 0 Å². The Kier molecular flexibility index (Phi) is 3.80. The Bertz CT molecular complexity index is 594. The molecule has 1 aliphatic heterocycles. The molecule has 3 rings (SSSR count). The monoisotopic (exact) mass is 306 g/mol. The van der Waals surface area contributed by atoms with E-state index in [-0.39, 0.29) is 12.6 Å². The van der Waals surface area contributed by atoms with Gasteiger partial charge in [0.05, 0.1) is 12.0 Å². The van der Waals surface area contributed by atoms with Gasteiger partial charge in [-0.25, -0.2) is 4.79 Å². The number of nitrogens with one attached hydrogen (secondary N) is 1. The first-order valence-electron chi connectivity index (χ1n) is 7.80. The van der Waals surface area contributed by atoms with Crippen LogP contribution >= 0.6 is 0 Å². The summed E-state index contributed by atoms with van der Waals surface area (Å²) in [6.07, 6.45) is 2.99. The van der Waals surface area contributed by atoms with E-state index in [1.165, 1.54) is 17.7 Å². The molecule has 0 aromatic carbocycles. The molecule has 1 saturated heterocycles. The largest absolute Gasteiger partial charge is 0.481 e. The number of aryl methyl sites for hydroxylation is 1. The van der Waals surface area contributed by atoms with Crippen LogP contribution in [0.4, 0.5) is 10.6 Å². The van der Waals surface area contributed by atoms with Crippen molar-refractivity contribution in [3.63, 3.8) is 0 Å². The minimum Gasteiger partial charge on any atom is -0.481 e. The number of anilines is 1. The number of rotatable bonds is 4. The van der Waals surface area contributed by atoms with Gasteiger partial charge in [-0.15, -0.1) is 0 Å². The first-order chi connectivity index (χ1) is 10.5. The predicted octanol–water partition coefficient (Wildman–Crippen LogP) is 2.10. The van der Waals surface area contributed by atoms with Gasteiger partial charge in [-0.2, -0.15) is 5.10 Å². The van der Waals surface area contributed by atoms with Crippen LogP contribution in [-0.4, -0.2) is 44.9 Å². The number of aromatic nitrogens is 2. The smallest absolute Gasteiger partial charge is 0.323 e. The van der Waals surface area contributed by atoms with E-state index in [0.717, 1.165) is 5.69 Å². The lowest BCUT2D eigenvalue weighted by Crippen LogP contribution is -2.34. The fraction of sp³-hybridized carbons (Fsp3) is 0.667. The van der Waals surface area contributed by atoms with Gasteiger partial charge in [-0.05, 0) is 39.0 Å². The maximum atomic E-state index is 12.2. The second kappa shape index (κ2) is 5.62. The van der Waals surface area contributed by atoms with E-state index in [1.807, 2.05) is 17.7 Å². The molecule has 0 bridgehead atoms. The molecule has 0 spiro atoms. The summed E-state index contributed by atoms with van der Waals surface area (Å²) >= 11 is 0. The zero-order valence-electron chi connectivity index (χ0n) is 13.0. The number of hydrogen-bond acceptors (Lipinski definition) is 3. The Balaban J connectivity index is 1.62. The van der Waals surface area contributed by atoms with E-state index in [1.54, 1.807) is 0 Å². The second-order valence-electron chi connectivity index (χ2n) is 6.39. The van der Waals surface area contributed by atoms with Crippen molar-refractivity contribution in [2.75, 3.05) is 18.4 Å². The van der Waals surface area contributed by atoms with Crippen molar-refractivity contribution in [3.05, 3.63) is 11.8 Å². The summed E-state index contributed by atoms with van der Waals surface area (Å²) in [4.78, 5) is 24.7. The van der Waals surface area contributed by atoms with Crippen LogP contribution in [0.1, 0.15) is 37.9 Å². The van der Waals surface area contributed by atoms with Gasteiger partial charge in [0.2, 0.25) is 0 Å². The molecule has 1 aromatic heterocycles. The summed E-state index contributed by atoms with van der Waals surface area (Å²) in [7, 11) is 0. The molecule has 2 unspecified atom stereocenters. The van der Waals surface area contributed by atoms with Crippen LogP contribution < -0.4 is 5.32 Å². The number of amides is 2. The quantitative estimate of drug-likeness (QED) is 0.891. The number of carbonyl (C=O) groups excluding carboxylic acids is 1. The maximum Gasteiger partial charge on any atom is 0.323 e. The molecule has 2 heterocycles. The molecular weight excluding hydrogens is 284 g/mol. The molecule has 22 heavy (non-hydrogen) atoms. The number of likely N-dealkylation sites (tertiary alicyclic amines) is 1. The van der Waals surface area contributed by atoms with E-state index in [2.05, 4.69) is 17.3 Å². The van der Waals surface area contributed by atoms with Crippen LogP contribution in [0.15, 0.2) is 6.07 Å². The number of urea groups is 1. The van der Waals surface area contributed by atoms with Gasteiger partial charge in [0.15, 0.2) is 5.82 Å². The Morgan fingerprint density at radius 3 is 2.73 bits per heavy atom. The Morgan fingerprint density at radius 2 is 2.14 bits per heavy atom. The minimum atomic E-state index is -0.839. The number of nitrogens with zero attached hydrogens (tertiary/aromatic N) is 3. The average molecular weight is 306 g/mol. The minimum absolute atomic E-state index is 0.263. The van der Waals surface area contributed by atoms with Crippen LogP contribution in [0.2, 0.25) is 0 Å². The number of carboxylic acids is 1.